The highest BCUT2D eigenvalue weighted by atomic mass is 16.3. The molecule has 0 saturated carbocycles. The first kappa shape index (κ1) is 5.54. The van der Waals surface area contributed by atoms with Gasteiger partial charge in [0.1, 0.15) is 5.76 Å². The number of hydrogen-bond donors (Lipinski definition) is 0. The molecule has 1 radical (unpaired) electrons. The smallest absolute Gasteiger partial charge is 0.136 e. The van der Waals surface area contributed by atoms with Crippen molar-refractivity contribution in [3.8, 4) is 11.3 Å². The summed E-state index contributed by atoms with van der Waals surface area (Å²) >= 11 is 0. The van der Waals surface area contributed by atoms with E-state index in [9.17, 15) is 0 Å². The maximum absolute atomic E-state index is 5.22. The van der Waals surface area contributed by atoms with Gasteiger partial charge in [0.05, 0.1) is 6.26 Å². The Morgan fingerprint density at radius 3 is 2.90 bits per heavy atom. The summed E-state index contributed by atoms with van der Waals surface area (Å²) in [6, 6.07) is 7.84. The van der Waals surface area contributed by atoms with E-state index in [4.69, 9.17) is 4.42 Å². The standard InChI is InChI=1S/C9H7O/c1-7-4-5-8-3-2-6-10-9(7)8/h2-6H,1H2. The summed E-state index contributed by atoms with van der Waals surface area (Å²) in [5, 5.41) is 0. The minimum Gasteiger partial charge on any atom is -0.464 e. The Morgan fingerprint density at radius 2 is 2.10 bits per heavy atom. The zero-order valence-corrected chi connectivity index (χ0v) is 5.50. The fourth-order valence-electron chi connectivity index (χ4n) is 1.05. The lowest BCUT2D eigenvalue weighted by atomic mass is 10.2. The third-order valence-electron chi connectivity index (χ3n) is 1.56. The second kappa shape index (κ2) is 1.87. The fourth-order valence-corrected chi connectivity index (χ4v) is 1.05. The molecule has 49 valence electrons. The number of fused-ring (bicyclic) bond motifs is 1. The van der Waals surface area contributed by atoms with Gasteiger partial charge >= 0.3 is 0 Å². The van der Waals surface area contributed by atoms with Crippen molar-refractivity contribution in [3.63, 3.8) is 0 Å². The van der Waals surface area contributed by atoms with Crippen LogP contribution in [-0.2, 0) is 0 Å². The maximum atomic E-state index is 5.22. The van der Waals surface area contributed by atoms with Gasteiger partial charge in [-0.05, 0) is 24.6 Å². The molecule has 1 heteroatoms. The van der Waals surface area contributed by atoms with E-state index in [0.29, 0.717) is 0 Å². The van der Waals surface area contributed by atoms with Crippen molar-refractivity contribution in [2.24, 2.45) is 0 Å². The van der Waals surface area contributed by atoms with Crippen molar-refractivity contribution >= 4 is 0 Å². The molecule has 1 aliphatic heterocycles. The molecule has 0 aromatic carbocycles. The van der Waals surface area contributed by atoms with Crippen LogP contribution in [0.1, 0.15) is 5.56 Å². The summed E-state index contributed by atoms with van der Waals surface area (Å²) < 4.78 is 5.22. The molecule has 1 heterocycles. The van der Waals surface area contributed by atoms with Crippen molar-refractivity contribution in [2.45, 2.75) is 0 Å². The lowest BCUT2D eigenvalue weighted by Crippen LogP contribution is -1.72. The summed E-state index contributed by atoms with van der Waals surface area (Å²) in [5.74, 6) is 0.891. The van der Waals surface area contributed by atoms with Crippen molar-refractivity contribution < 1.29 is 4.42 Å². The van der Waals surface area contributed by atoms with Gasteiger partial charge in [0.15, 0.2) is 0 Å². The van der Waals surface area contributed by atoms with E-state index >= 15 is 0 Å². The van der Waals surface area contributed by atoms with Gasteiger partial charge in [0.2, 0.25) is 0 Å². The first-order valence-corrected chi connectivity index (χ1v) is 3.16. The van der Waals surface area contributed by atoms with Crippen LogP contribution in [0.3, 0.4) is 0 Å². The number of rotatable bonds is 0. The van der Waals surface area contributed by atoms with Crippen molar-refractivity contribution in [2.75, 3.05) is 0 Å². The zero-order chi connectivity index (χ0) is 6.97. The Bertz CT molecular complexity index is 309. The second-order valence-corrected chi connectivity index (χ2v) is 2.26. The first-order valence-electron chi connectivity index (χ1n) is 3.16. The fraction of sp³-hybridized carbons (Fsp3) is 0. The monoisotopic (exact) mass is 131 g/mol. The molecule has 0 spiro atoms. The third kappa shape index (κ3) is 0.637. The minimum atomic E-state index is 0.891. The maximum Gasteiger partial charge on any atom is 0.136 e. The van der Waals surface area contributed by atoms with Crippen LogP contribution < -0.4 is 0 Å². The molecular formula is C9H7O. The van der Waals surface area contributed by atoms with Crippen LogP contribution in [0.25, 0.3) is 11.3 Å². The third-order valence-corrected chi connectivity index (χ3v) is 1.56. The summed E-state index contributed by atoms with van der Waals surface area (Å²) in [4.78, 5) is 0. The predicted molar refractivity (Wildman–Crippen MR) is 39.8 cm³/mol. The van der Waals surface area contributed by atoms with Gasteiger partial charge in [-0.1, -0.05) is 12.1 Å². The summed E-state index contributed by atoms with van der Waals surface area (Å²) in [7, 11) is 0. The van der Waals surface area contributed by atoms with Crippen LogP contribution in [0.15, 0.2) is 34.9 Å². The van der Waals surface area contributed by atoms with E-state index in [2.05, 4.69) is 6.92 Å². The van der Waals surface area contributed by atoms with Gasteiger partial charge in [0.25, 0.3) is 0 Å². The quantitative estimate of drug-likeness (QED) is 0.535. The molecule has 2 aliphatic rings. The van der Waals surface area contributed by atoms with Gasteiger partial charge in [0, 0.05) is 5.56 Å². The van der Waals surface area contributed by atoms with E-state index in [0.717, 1.165) is 16.9 Å². The average molecular weight is 131 g/mol. The van der Waals surface area contributed by atoms with E-state index in [1.807, 2.05) is 24.3 Å². The van der Waals surface area contributed by atoms with Gasteiger partial charge in [-0.25, -0.2) is 0 Å². The Balaban J connectivity index is 2.78. The van der Waals surface area contributed by atoms with E-state index < -0.39 is 0 Å². The van der Waals surface area contributed by atoms with Crippen molar-refractivity contribution in [3.05, 3.63) is 43.0 Å². The molecule has 0 aromatic heterocycles. The van der Waals surface area contributed by atoms with E-state index in [1.54, 1.807) is 6.26 Å². The summed E-state index contributed by atoms with van der Waals surface area (Å²) in [5.41, 5.74) is 2.07. The van der Waals surface area contributed by atoms with Crippen LogP contribution in [0.4, 0.5) is 0 Å². The van der Waals surface area contributed by atoms with Crippen LogP contribution >= 0.6 is 0 Å². The largest absolute Gasteiger partial charge is 0.464 e. The molecule has 0 unspecified atom stereocenters. The van der Waals surface area contributed by atoms with Gasteiger partial charge in [-0.15, -0.1) is 0 Å². The Morgan fingerprint density at radius 1 is 1.20 bits per heavy atom. The second-order valence-electron chi connectivity index (χ2n) is 2.26. The molecule has 10 heavy (non-hydrogen) atoms. The Hall–Kier alpha value is -1.24. The molecule has 0 N–H and O–H groups in total. The lowest BCUT2D eigenvalue weighted by Gasteiger charge is -1.95. The van der Waals surface area contributed by atoms with Crippen LogP contribution in [0.2, 0.25) is 0 Å². The Labute approximate surface area is 59.6 Å². The van der Waals surface area contributed by atoms with Gasteiger partial charge in [-0.3, -0.25) is 0 Å². The van der Waals surface area contributed by atoms with E-state index in [1.165, 1.54) is 0 Å². The molecule has 2 rings (SSSR count). The Kier molecular flexibility index (Phi) is 1.04. The first-order chi connectivity index (χ1) is 4.88. The molecule has 0 aromatic rings. The molecule has 1 nitrogen and oxygen atoms in total. The van der Waals surface area contributed by atoms with Crippen molar-refractivity contribution in [1.82, 2.24) is 0 Å². The topological polar surface area (TPSA) is 13.1 Å². The molecule has 1 aliphatic carbocycles. The molecular weight excluding hydrogens is 124 g/mol. The SMILES string of the molecule is [CH2]c1ccc2cccoc1-2. The van der Waals surface area contributed by atoms with Crippen LogP contribution in [0, 0.1) is 6.92 Å². The minimum absolute atomic E-state index is 0.891. The average Bonchev–Trinajstić information content (AvgIpc) is 2.34. The molecule has 0 fully saturated rings. The lowest BCUT2D eigenvalue weighted by molar-refractivity contribution is 0.565. The molecule has 0 saturated heterocycles. The molecule has 0 bridgehead atoms. The van der Waals surface area contributed by atoms with Crippen LogP contribution in [-0.4, -0.2) is 0 Å². The zero-order valence-electron chi connectivity index (χ0n) is 5.50. The number of hydrogen-bond acceptors (Lipinski definition) is 1. The highest BCUT2D eigenvalue weighted by molar-refractivity contribution is 5.65. The predicted octanol–water partition coefficient (Wildman–Crippen LogP) is 2.57. The van der Waals surface area contributed by atoms with Crippen molar-refractivity contribution in [1.29, 1.82) is 0 Å². The molecule has 0 atom stereocenters. The van der Waals surface area contributed by atoms with Gasteiger partial charge < -0.3 is 4.42 Å². The highest BCUT2D eigenvalue weighted by Gasteiger charge is 2.05. The molecule has 0 amide bonds. The normalized spacial score (nSPS) is 10.5. The summed E-state index contributed by atoms with van der Waals surface area (Å²) in [6.45, 7) is 3.81. The summed E-state index contributed by atoms with van der Waals surface area (Å²) in [6.07, 6.45) is 1.66. The van der Waals surface area contributed by atoms with Gasteiger partial charge in [-0.2, -0.15) is 0 Å². The van der Waals surface area contributed by atoms with E-state index in [-0.39, 0.29) is 0 Å². The van der Waals surface area contributed by atoms with Crippen LogP contribution in [0.5, 0.6) is 0 Å². The highest BCUT2D eigenvalue weighted by Crippen LogP contribution is 2.25.